The van der Waals surface area contributed by atoms with Gasteiger partial charge in [0.2, 0.25) is 0 Å². The summed E-state index contributed by atoms with van der Waals surface area (Å²) in [5, 5.41) is 7.23. The maximum absolute atomic E-state index is 13.2. The minimum atomic E-state index is -0.278. The van der Waals surface area contributed by atoms with Crippen molar-refractivity contribution in [2.24, 2.45) is 0 Å². The van der Waals surface area contributed by atoms with Gasteiger partial charge in [0.25, 0.3) is 0 Å². The van der Waals surface area contributed by atoms with Crippen molar-refractivity contribution in [2.45, 2.75) is 38.3 Å². The minimum absolute atomic E-state index is 0.0173. The molecule has 1 saturated heterocycles. The molecule has 0 aliphatic carbocycles. The van der Waals surface area contributed by atoms with Gasteiger partial charge >= 0.3 is 6.03 Å². The Kier molecular flexibility index (Phi) is 5.04. The monoisotopic (exact) mass is 370 g/mol. The molecule has 2 amide bonds. The molecule has 8 heteroatoms. The zero-order chi connectivity index (χ0) is 18.6. The van der Waals surface area contributed by atoms with Gasteiger partial charge in [-0.05, 0) is 43.5 Å². The number of aryl methyl sites for hydroxylation is 1. The van der Waals surface area contributed by atoms with E-state index in [4.69, 9.17) is 0 Å². The first-order valence-corrected chi connectivity index (χ1v) is 9.35. The summed E-state index contributed by atoms with van der Waals surface area (Å²) in [5.74, 6) is 0.530. The normalized spacial score (nSPS) is 16.9. The molecular formula is C19H23FN6O. The van der Waals surface area contributed by atoms with E-state index in [1.807, 2.05) is 21.8 Å². The Morgan fingerprint density at radius 2 is 2.33 bits per heavy atom. The van der Waals surface area contributed by atoms with Crippen LogP contribution in [0.15, 0.2) is 36.7 Å². The van der Waals surface area contributed by atoms with E-state index in [1.165, 1.54) is 12.1 Å². The SMILES string of the molecule is O=C(NCCCc1nc2ccc(F)cc2[nH]1)N1CCCC1Cn1cccn1. The lowest BCUT2D eigenvalue weighted by molar-refractivity contribution is 0.186. The van der Waals surface area contributed by atoms with Crippen molar-refractivity contribution in [3.05, 3.63) is 48.3 Å². The summed E-state index contributed by atoms with van der Waals surface area (Å²) < 4.78 is 15.1. The zero-order valence-corrected chi connectivity index (χ0v) is 15.1. The van der Waals surface area contributed by atoms with E-state index >= 15 is 0 Å². The summed E-state index contributed by atoms with van der Waals surface area (Å²) in [6.07, 6.45) is 7.18. The smallest absolute Gasteiger partial charge is 0.317 e. The molecule has 1 aromatic carbocycles. The van der Waals surface area contributed by atoms with Gasteiger partial charge in [-0.25, -0.2) is 14.2 Å². The molecule has 1 unspecified atom stereocenters. The molecule has 1 aliphatic rings. The number of urea groups is 1. The third-order valence-electron chi connectivity index (χ3n) is 4.95. The van der Waals surface area contributed by atoms with Crippen molar-refractivity contribution in [1.29, 1.82) is 0 Å². The molecule has 0 saturated carbocycles. The van der Waals surface area contributed by atoms with E-state index in [-0.39, 0.29) is 17.9 Å². The van der Waals surface area contributed by atoms with Crippen LogP contribution in [0.25, 0.3) is 11.0 Å². The van der Waals surface area contributed by atoms with Crippen LogP contribution in [0, 0.1) is 5.82 Å². The van der Waals surface area contributed by atoms with Crippen molar-refractivity contribution in [1.82, 2.24) is 30.0 Å². The average Bonchev–Trinajstić information content (AvgIpc) is 3.39. The van der Waals surface area contributed by atoms with Gasteiger partial charge in [0.1, 0.15) is 11.6 Å². The Bertz CT molecular complexity index is 906. The van der Waals surface area contributed by atoms with E-state index in [2.05, 4.69) is 20.4 Å². The highest BCUT2D eigenvalue weighted by Gasteiger charge is 2.28. The first-order valence-electron chi connectivity index (χ1n) is 9.35. The highest BCUT2D eigenvalue weighted by molar-refractivity contribution is 5.75. The quantitative estimate of drug-likeness (QED) is 0.655. The lowest BCUT2D eigenvalue weighted by Gasteiger charge is -2.25. The molecule has 2 aromatic heterocycles. The highest BCUT2D eigenvalue weighted by atomic mass is 19.1. The molecule has 7 nitrogen and oxygen atoms in total. The number of carbonyl (C=O) groups excluding carboxylic acids is 1. The number of carbonyl (C=O) groups is 1. The van der Waals surface area contributed by atoms with Gasteiger partial charge in [0, 0.05) is 31.9 Å². The van der Waals surface area contributed by atoms with Crippen molar-refractivity contribution < 1.29 is 9.18 Å². The first-order chi connectivity index (χ1) is 13.2. The van der Waals surface area contributed by atoms with Gasteiger partial charge in [0.15, 0.2) is 0 Å². The Labute approximate surface area is 156 Å². The number of aromatic amines is 1. The molecule has 2 N–H and O–H groups in total. The minimum Gasteiger partial charge on any atom is -0.342 e. The predicted molar refractivity (Wildman–Crippen MR) is 99.7 cm³/mol. The molecule has 3 heterocycles. The molecule has 27 heavy (non-hydrogen) atoms. The average molecular weight is 370 g/mol. The summed E-state index contributed by atoms with van der Waals surface area (Å²) >= 11 is 0. The molecule has 0 bridgehead atoms. The lowest BCUT2D eigenvalue weighted by Crippen LogP contribution is -2.44. The van der Waals surface area contributed by atoms with Crippen molar-refractivity contribution in [2.75, 3.05) is 13.1 Å². The fourth-order valence-electron chi connectivity index (χ4n) is 3.62. The summed E-state index contributed by atoms with van der Waals surface area (Å²) in [4.78, 5) is 22.0. The number of imidazole rings is 1. The van der Waals surface area contributed by atoms with Crippen LogP contribution in [0.2, 0.25) is 0 Å². The highest BCUT2D eigenvalue weighted by Crippen LogP contribution is 2.19. The van der Waals surface area contributed by atoms with Gasteiger partial charge < -0.3 is 15.2 Å². The number of hydrogen-bond acceptors (Lipinski definition) is 3. The summed E-state index contributed by atoms with van der Waals surface area (Å²) in [5.41, 5.74) is 1.46. The number of rotatable bonds is 6. The van der Waals surface area contributed by atoms with Gasteiger partial charge in [-0.1, -0.05) is 0 Å². The number of likely N-dealkylation sites (tertiary alicyclic amines) is 1. The number of aromatic nitrogens is 4. The van der Waals surface area contributed by atoms with Gasteiger partial charge in [-0.3, -0.25) is 4.68 Å². The lowest BCUT2D eigenvalue weighted by atomic mass is 10.2. The number of H-pyrrole nitrogens is 1. The Morgan fingerprint density at radius 1 is 1.41 bits per heavy atom. The maximum atomic E-state index is 13.2. The van der Waals surface area contributed by atoms with Crippen LogP contribution in [-0.4, -0.2) is 49.8 Å². The fraction of sp³-hybridized carbons (Fsp3) is 0.421. The second kappa shape index (κ2) is 7.77. The zero-order valence-electron chi connectivity index (χ0n) is 15.1. The number of benzene rings is 1. The third-order valence-corrected chi connectivity index (χ3v) is 4.95. The molecule has 3 aromatic rings. The molecule has 0 spiro atoms. The number of amides is 2. The molecule has 1 aliphatic heterocycles. The van der Waals surface area contributed by atoms with Crippen LogP contribution in [0.1, 0.15) is 25.1 Å². The maximum Gasteiger partial charge on any atom is 0.317 e. The molecular weight excluding hydrogens is 347 g/mol. The first kappa shape index (κ1) is 17.5. The van der Waals surface area contributed by atoms with E-state index in [0.29, 0.717) is 18.5 Å². The number of nitrogens with one attached hydrogen (secondary N) is 2. The Hall–Kier alpha value is -2.90. The number of fused-ring (bicyclic) bond motifs is 1. The van der Waals surface area contributed by atoms with E-state index in [9.17, 15) is 9.18 Å². The summed E-state index contributed by atoms with van der Waals surface area (Å²) in [7, 11) is 0. The fourth-order valence-corrected chi connectivity index (χ4v) is 3.62. The van der Waals surface area contributed by atoms with Crippen LogP contribution in [0.4, 0.5) is 9.18 Å². The summed E-state index contributed by atoms with van der Waals surface area (Å²) in [6.45, 7) is 2.10. The van der Waals surface area contributed by atoms with E-state index < -0.39 is 0 Å². The largest absolute Gasteiger partial charge is 0.342 e. The second-order valence-corrected chi connectivity index (χ2v) is 6.90. The molecule has 1 fully saturated rings. The Morgan fingerprint density at radius 3 is 3.19 bits per heavy atom. The molecule has 4 rings (SSSR count). The molecule has 1 atom stereocenters. The topological polar surface area (TPSA) is 78.8 Å². The Balaban J connectivity index is 1.25. The van der Waals surface area contributed by atoms with Crippen molar-refractivity contribution in [3.8, 4) is 0 Å². The van der Waals surface area contributed by atoms with Crippen molar-refractivity contribution in [3.63, 3.8) is 0 Å². The number of nitrogens with zero attached hydrogens (tertiary/aromatic N) is 4. The summed E-state index contributed by atoms with van der Waals surface area (Å²) in [6, 6.07) is 6.58. The van der Waals surface area contributed by atoms with Crippen LogP contribution < -0.4 is 5.32 Å². The van der Waals surface area contributed by atoms with E-state index in [0.717, 1.165) is 43.7 Å². The molecule has 0 radical (unpaired) electrons. The van der Waals surface area contributed by atoms with Crippen molar-refractivity contribution >= 4 is 17.1 Å². The van der Waals surface area contributed by atoms with Crippen LogP contribution in [0.3, 0.4) is 0 Å². The third kappa shape index (κ3) is 4.10. The second-order valence-electron chi connectivity index (χ2n) is 6.90. The van der Waals surface area contributed by atoms with Gasteiger partial charge in [-0.2, -0.15) is 5.10 Å². The van der Waals surface area contributed by atoms with Gasteiger partial charge in [-0.15, -0.1) is 0 Å². The van der Waals surface area contributed by atoms with Crippen LogP contribution in [0.5, 0.6) is 0 Å². The van der Waals surface area contributed by atoms with Crippen LogP contribution >= 0.6 is 0 Å². The van der Waals surface area contributed by atoms with Crippen LogP contribution in [-0.2, 0) is 13.0 Å². The van der Waals surface area contributed by atoms with Gasteiger partial charge in [0.05, 0.1) is 23.6 Å². The standard InChI is InChI=1S/C19H23FN6O/c20-14-6-7-16-17(12-14)24-18(23-16)5-1-8-21-19(27)26-11-2-4-15(26)13-25-10-3-9-22-25/h3,6-7,9-10,12,15H,1-2,4-5,8,11,13H2,(H,21,27)(H,23,24). The molecule has 142 valence electrons. The number of halogens is 1. The number of hydrogen-bond donors (Lipinski definition) is 2. The van der Waals surface area contributed by atoms with E-state index in [1.54, 1.807) is 12.3 Å². The predicted octanol–water partition coefficient (Wildman–Crippen LogP) is 2.71.